The largest absolute Gasteiger partial charge is 0.397 e. The second-order valence-corrected chi connectivity index (χ2v) is 3.91. The predicted octanol–water partition coefficient (Wildman–Crippen LogP) is 1.94. The van der Waals surface area contributed by atoms with E-state index in [1.807, 2.05) is 26.2 Å². The third kappa shape index (κ3) is 1.66. The van der Waals surface area contributed by atoms with E-state index in [9.17, 15) is 0 Å². The van der Waals surface area contributed by atoms with Crippen LogP contribution in [0, 0.1) is 6.92 Å². The summed E-state index contributed by atoms with van der Waals surface area (Å²) in [7, 11) is 1.91. The van der Waals surface area contributed by atoms with Gasteiger partial charge in [-0.15, -0.1) is 0 Å². The van der Waals surface area contributed by atoms with Crippen LogP contribution >= 0.6 is 0 Å². The molecule has 2 aromatic rings. The maximum absolute atomic E-state index is 6.05. The van der Waals surface area contributed by atoms with Gasteiger partial charge in [0.25, 0.3) is 0 Å². The molecule has 0 saturated heterocycles. The summed E-state index contributed by atoms with van der Waals surface area (Å²) < 4.78 is 1.80. The quantitative estimate of drug-likeness (QED) is 0.834. The van der Waals surface area contributed by atoms with Gasteiger partial charge >= 0.3 is 0 Å². The maximum atomic E-state index is 6.05. The van der Waals surface area contributed by atoms with Crippen LogP contribution in [-0.2, 0) is 13.5 Å². The van der Waals surface area contributed by atoms with E-state index in [1.165, 1.54) is 0 Å². The molecule has 0 unspecified atom stereocenters. The number of pyridine rings is 1. The summed E-state index contributed by atoms with van der Waals surface area (Å²) in [6.45, 7) is 4.07. The highest BCUT2D eigenvalue weighted by atomic mass is 15.3. The van der Waals surface area contributed by atoms with Crippen molar-refractivity contribution in [2.45, 2.75) is 20.3 Å². The Bertz CT molecular complexity index is 514. The molecular weight excluding hydrogens is 200 g/mol. The summed E-state index contributed by atoms with van der Waals surface area (Å²) in [4.78, 5) is 4.35. The number of nitrogens with two attached hydrogens (primary N) is 1. The monoisotopic (exact) mass is 216 g/mol. The van der Waals surface area contributed by atoms with E-state index in [2.05, 4.69) is 17.0 Å². The third-order valence-corrected chi connectivity index (χ3v) is 2.70. The molecule has 0 atom stereocenters. The number of nitrogens with zero attached hydrogens (tertiary/aromatic N) is 3. The van der Waals surface area contributed by atoms with Gasteiger partial charge in [-0.3, -0.25) is 9.67 Å². The van der Waals surface area contributed by atoms with Gasteiger partial charge in [0.2, 0.25) is 0 Å². The average molecular weight is 216 g/mol. The van der Waals surface area contributed by atoms with Gasteiger partial charge in [-0.2, -0.15) is 5.10 Å². The lowest BCUT2D eigenvalue weighted by atomic mass is 10.1. The molecule has 0 radical (unpaired) electrons. The van der Waals surface area contributed by atoms with Crippen molar-refractivity contribution in [1.29, 1.82) is 0 Å². The molecule has 16 heavy (non-hydrogen) atoms. The predicted molar refractivity (Wildman–Crippen MR) is 65.0 cm³/mol. The molecule has 0 aliphatic carbocycles. The first kappa shape index (κ1) is 10.7. The SMILES string of the molecule is CCc1nn(C)cc1-c1nccc(C)c1N. The molecule has 0 bridgehead atoms. The Labute approximate surface area is 95.1 Å². The molecule has 2 N–H and O–H groups in total. The number of aromatic nitrogens is 3. The zero-order valence-corrected chi connectivity index (χ0v) is 9.86. The Balaban J connectivity index is 2.62. The molecule has 84 valence electrons. The molecule has 0 aromatic carbocycles. The fourth-order valence-corrected chi connectivity index (χ4v) is 1.78. The van der Waals surface area contributed by atoms with Crippen molar-refractivity contribution in [1.82, 2.24) is 14.8 Å². The van der Waals surface area contributed by atoms with E-state index in [4.69, 9.17) is 5.73 Å². The number of hydrogen-bond donors (Lipinski definition) is 1. The van der Waals surface area contributed by atoms with Crippen molar-refractivity contribution in [3.8, 4) is 11.3 Å². The number of rotatable bonds is 2. The molecule has 2 rings (SSSR count). The van der Waals surface area contributed by atoms with E-state index >= 15 is 0 Å². The van der Waals surface area contributed by atoms with E-state index in [-0.39, 0.29) is 0 Å². The minimum absolute atomic E-state index is 0.741. The highest BCUT2D eigenvalue weighted by Crippen LogP contribution is 2.28. The van der Waals surface area contributed by atoms with Crippen molar-refractivity contribution in [3.63, 3.8) is 0 Å². The van der Waals surface area contributed by atoms with Gasteiger partial charge in [0, 0.05) is 25.0 Å². The fourth-order valence-electron chi connectivity index (χ4n) is 1.78. The highest BCUT2D eigenvalue weighted by molar-refractivity contribution is 5.75. The van der Waals surface area contributed by atoms with Gasteiger partial charge in [-0.25, -0.2) is 0 Å². The summed E-state index contributed by atoms with van der Waals surface area (Å²) in [5.41, 5.74) is 10.7. The number of nitrogen functional groups attached to an aromatic ring is 1. The summed E-state index contributed by atoms with van der Waals surface area (Å²) >= 11 is 0. The minimum Gasteiger partial charge on any atom is -0.397 e. The lowest BCUT2D eigenvalue weighted by molar-refractivity contribution is 0.746. The smallest absolute Gasteiger partial charge is 0.0968 e. The van der Waals surface area contributed by atoms with Crippen LogP contribution in [-0.4, -0.2) is 14.8 Å². The number of aryl methyl sites for hydroxylation is 3. The van der Waals surface area contributed by atoms with Gasteiger partial charge in [0.15, 0.2) is 0 Å². The van der Waals surface area contributed by atoms with E-state index in [0.717, 1.165) is 34.6 Å². The fraction of sp³-hybridized carbons (Fsp3) is 0.333. The number of hydrogen-bond acceptors (Lipinski definition) is 3. The van der Waals surface area contributed by atoms with Crippen molar-refractivity contribution >= 4 is 5.69 Å². The molecule has 0 fully saturated rings. The third-order valence-electron chi connectivity index (χ3n) is 2.70. The summed E-state index contributed by atoms with van der Waals surface area (Å²) in [6.07, 6.45) is 4.63. The Morgan fingerprint density at radius 3 is 2.88 bits per heavy atom. The van der Waals surface area contributed by atoms with Crippen LogP contribution in [0.5, 0.6) is 0 Å². The van der Waals surface area contributed by atoms with Gasteiger partial charge in [0.05, 0.1) is 17.1 Å². The van der Waals surface area contributed by atoms with E-state index in [0.29, 0.717) is 0 Å². The second kappa shape index (κ2) is 3.96. The first-order valence-electron chi connectivity index (χ1n) is 5.37. The first-order chi connectivity index (χ1) is 7.63. The minimum atomic E-state index is 0.741. The average Bonchev–Trinajstić information content (AvgIpc) is 2.63. The van der Waals surface area contributed by atoms with Crippen molar-refractivity contribution in [2.75, 3.05) is 5.73 Å². The molecule has 0 aliphatic rings. The molecule has 0 amide bonds. The highest BCUT2D eigenvalue weighted by Gasteiger charge is 2.13. The molecule has 4 heteroatoms. The van der Waals surface area contributed by atoms with Gasteiger partial charge < -0.3 is 5.73 Å². The van der Waals surface area contributed by atoms with Crippen LogP contribution in [0.4, 0.5) is 5.69 Å². The van der Waals surface area contributed by atoms with Crippen LogP contribution in [0.2, 0.25) is 0 Å². The van der Waals surface area contributed by atoms with E-state index < -0.39 is 0 Å². The summed E-state index contributed by atoms with van der Waals surface area (Å²) in [6, 6.07) is 1.92. The zero-order chi connectivity index (χ0) is 11.7. The van der Waals surface area contributed by atoms with Crippen LogP contribution in [0.25, 0.3) is 11.3 Å². The Kier molecular flexibility index (Phi) is 2.64. The Morgan fingerprint density at radius 1 is 1.44 bits per heavy atom. The Hall–Kier alpha value is -1.84. The standard InChI is InChI=1S/C12H16N4/c1-4-10-9(7-16(3)15-10)12-11(13)8(2)5-6-14-12/h5-7H,4,13H2,1-3H3. The first-order valence-corrected chi connectivity index (χ1v) is 5.37. The maximum Gasteiger partial charge on any atom is 0.0968 e. The molecule has 4 nitrogen and oxygen atoms in total. The summed E-state index contributed by atoms with van der Waals surface area (Å²) in [5.74, 6) is 0. The van der Waals surface area contributed by atoms with Gasteiger partial charge in [-0.1, -0.05) is 6.92 Å². The van der Waals surface area contributed by atoms with Crippen LogP contribution in [0.3, 0.4) is 0 Å². The van der Waals surface area contributed by atoms with Crippen molar-refractivity contribution < 1.29 is 0 Å². The Morgan fingerprint density at radius 2 is 2.19 bits per heavy atom. The molecule has 0 saturated carbocycles. The van der Waals surface area contributed by atoms with Crippen LogP contribution in [0.1, 0.15) is 18.2 Å². The molecule has 0 spiro atoms. The zero-order valence-electron chi connectivity index (χ0n) is 9.86. The van der Waals surface area contributed by atoms with Gasteiger partial charge in [-0.05, 0) is 25.0 Å². The molecule has 2 aromatic heterocycles. The normalized spacial score (nSPS) is 10.7. The molecule has 0 aliphatic heterocycles. The second-order valence-electron chi connectivity index (χ2n) is 3.91. The lowest BCUT2D eigenvalue weighted by Crippen LogP contribution is -1.97. The van der Waals surface area contributed by atoms with Crippen molar-refractivity contribution in [3.05, 3.63) is 29.7 Å². The molecular formula is C12H16N4. The topological polar surface area (TPSA) is 56.7 Å². The van der Waals surface area contributed by atoms with Crippen LogP contribution < -0.4 is 5.73 Å². The summed E-state index contributed by atoms with van der Waals surface area (Å²) in [5, 5.41) is 4.40. The molecule has 2 heterocycles. The number of anilines is 1. The lowest BCUT2D eigenvalue weighted by Gasteiger charge is -2.06. The van der Waals surface area contributed by atoms with E-state index in [1.54, 1.807) is 10.9 Å². The van der Waals surface area contributed by atoms with Crippen LogP contribution in [0.15, 0.2) is 18.5 Å². The van der Waals surface area contributed by atoms with Gasteiger partial charge in [0.1, 0.15) is 0 Å². The van der Waals surface area contributed by atoms with Crippen molar-refractivity contribution in [2.24, 2.45) is 7.05 Å².